The Morgan fingerprint density at radius 2 is 1.62 bits per heavy atom. The van der Waals surface area contributed by atoms with Gasteiger partial charge in [-0.3, -0.25) is 0 Å². The molecule has 0 spiro atoms. The van der Waals surface area contributed by atoms with Crippen molar-refractivity contribution in [3.63, 3.8) is 0 Å². The molecule has 0 unspecified atom stereocenters. The highest BCUT2D eigenvalue weighted by Gasteiger charge is 2.35. The molecule has 0 aliphatic rings. The smallest absolute Gasteiger partial charge is 0.204 e. The molecular weight excluding hydrogens is 191 g/mol. The van der Waals surface area contributed by atoms with E-state index in [0.717, 1.165) is 0 Å². The summed E-state index contributed by atoms with van der Waals surface area (Å²) in [5.41, 5.74) is -1.53. The quantitative estimate of drug-likeness (QED) is 0.558. The molecule has 1 aromatic carbocycles. The molecule has 13 heavy (non-hydrogen) atoms. The molecule has 0 nitrogen and oxygen atoms in total. The molecule has 0 atom stereocenters. The Morgan fingerprint density at radius 3 is 2.08 bits per heavy atom. The molecule has 0 heterocycles. The molecule has 0 saturated heterocycles. The zero-order valence-electron chi connectivity index (χ0n) is 6.54. The van der Waals surface area contributed by atoms with Gasteiger partial charge in [-0.2, -0.15) is 13.2 Å². The number of hydrogen-bond donors (Lipinski definition) is 0. The van der Waals surface area contributed by atoms with E-state index in [9.17, 15) is 22.0 Å². The average molecular weight is 196 g/mol. The first-order valence-corrected chi connectivity index (χ1v) is 3.35. The van der Waals surface area contributed by atoms with Gasteiger partial charge in [-0.25, -0.2) is 8.78 Å². The van der Waals surface area contributed by atoms with E-state index in [2.05, 4.69) is 0 Å². The number of aryl methyl sites for hydroxylation is 1. The first kappa shape index (κ1) is 9.95. The Balaban J connectivity index is 3.37. The molecule has 0 fully saturated rings. The minimum atomic E-state index is -4.85. The highest BCUT2D eigenvalue weighted by molar-refractivity contribution is 5.27. The zero-order valence-corrected chi connectivity index (χ0v) is 6.54. The van der Waals surface area contributed by atoms with Crippen molar-refractivity contribution in [2.45, 2.75) is 13.1 Å². The van der Waals surface area contributed by atoms with Crippen LogP contribution in [0.1, 0.15) is 11.1 Å². The van der Waals surface area contributed by atoms with Crippen molar-refractivity contribution in [1.29, 1.82) is 0 Å². The topological polar surface area (TPSA) is 0 Å². The number of hydrogen-bond acceptors (Lipinski definition) is 0. The maximum Gasteiger partial charge on any atom is 0.419 e. The molecule has 5 heteroatoms. The Labute approximate surface area is 71.0 Å². The van der Waals surface area contributed by atoms with E-state index in [1.807, 2.05) is 0 Å². The highest BCUT2D eigenvalue weighted by atomic mass is 19.4. The lowest BCUT2D eigenvalue weighted by atomic mass is 10.1. The molecular formula is C8H5F5. The van der Waals surface area contributed by atoms with Gasteiger partial charge in [0.2, 0.25) is 0 Å². The van der Waals surface area contributed by atoms with Crippen molar-refractivity contribution in [2.75, 3.05) is 0 Å². The second-order valence-electron chi connectivity index (χ2n) is 2.61. The molecule has 0 N–H and O–H groups in total. The number of benzene rings is 1. The summed E-state index contributed by atoms with van der Waals surface area (Å²) in [7, 11) is 0. The summed E-state index contributed by atoms with van der Waals surface area (Å²) in [5, 5.41) is 0. The summed E-state index contributed by atoms with van der Waals surface area (Å²) in [6.45, 7) is 1.26. The van der Waals surface area contributed by atoms with Crippen molar-refractivity contribution in [3.8, 4) is 0 Å². The maximum atomic E-state index is 12.6. The predicted molar refractivity (Wildman–Crippen MR) is 36.1 cm³/mol. The van der Waals surface area contributed by atoms with Crippen LogP contribution in [0.5, 0.6) is 0 Å². The molecule has 0 saturated carbocycles. The van der Waals surface area contributed by atoms with E-state index in [4.69, 9.17) is 0 Å². The van der Waals surface area contributed by atoms with Gasteiger partial charge in [0.15, 0.2) is 11.6 Å². The van der Waals surface area contributed by atoms with E-state index in [0.29, 0.717) is 12.1 Å². The first-order valence-electron chi connectivity index (χ1n) is 3.35. The standard InChI is InChI=1S/C8H5F5/c1-4-2-5(8(11,12)13)7(10)6(9)3-4/h2-3H,1H3. The molecule has 0 radical (unpaired) electrons. The first-order chi connectivity index (χ1) is 5.82. The molecule has 0 bridgehead atoms. The molecule has 72 valence electrons. The second kappa shape index (κ2) is 2.97. The molecule has 0 aromatic heterocycles. The Hall–Kier alpha value is -1.13. The monoisotopic (exact) mass is 196 g/mol. The maximum absolute atomic E-state index is 12.6. The van der Waals surface area contributed by atoms with E-state index < -0.39 is 23.4 Å². The van der Waals surface area contributed by atoms with Gasteiger partial charge >= 0.3 is 6.18 Å². The molecule has 0 amide bonds. The van der Waals surface area contributed by atoms with Crippen LogP contribution in [0.3, 0.4) is 0 Å². The van der Waals surface area contributed by atoms with Gasteiger partial charge in [0, 0.05) is 0 Å². The average Bonchev–Trinajstić information content (AvgIpc) is 1.94. The Bertz CT molecular complexity index is 326. The third kappa shape index (κ3) is 1.96. The van der Waals surface area contributed by atoms with Crippen LogP contribution in [0.2, 0.25) is 0 Å². The van der Waals surface area contributed by atoms with Crippen molar-refractivity contribution in [1.82, 2.24) is 0 Å². The van der Waals surface area contributed by atoms with Crippen LogP contribution in [0.25, 0.3) is 0 Å². The van der Waals surface area contributed by atoms with E-state index in [-0.39, 0.29) is 5.56 Å². The predicted octanol–water partition coefficient (Wildman–Crippen LogP) is 3.29. The SMILES string of the molecule is Cc1cc(F)c(F)c(C(F)(F)F)c1. The lowest BCUT2D eigenvalue weighted by Crippen LogP contribution is -2.09. The van der Waals surface area contributed by atoms with Crippen LogP contribution in [-0.4, -0.2) is 0 Å². The van der Waals surface area contributed by atoms with Crippen molar-refractivity contribution < 1.29 is 22.0 Å². The number of alkyl halides is 3. The normalized spacial score (nSPS) is 11.8. The Morgan fingerprint density at radius 1 is 1.08 bits per heavy atom. The van der Waals surface area contributed by atoms with Gasteiger partial charge in [0.25, 0.3) is 0 Å². The fourth-order valence-electron chi connectivity index (χ4n) is 0.931. The summed E-state index contributed by atoms with van der Waals surface area (Å²) >= 11 is 0. The minimum Gasteiger partial charge on any atom is -0.204 e. The molecule has 0 aliphatic heterocycles. The van der Waals surface area contributed by atoms with Crippen LogP contribution in [0.4, 0.5) is 22.0 Å². The van der Waals surface area contributed by atoms with Crippen LogP contribution in [-0.2, 0) is 6.18 Å². The summed E-state index contributed by atoms with van der Waals surface area (Å²) in [6.07, 6.45) is -4.85. The van der Waals surface area contributed by atoms with Gasteiger partial charge < -0.3 is 0 Å². The Kier molecular flexibility index (Phi) is 2.28. The van der Waals surface area contributed by atoms with Crippen LogP contribution in [0, 0.1) is 18.6 Å². The van der Waals surface area contributed by atoms with Crippen LogP contribution in [0.15, 0.2) is 12.1 Å². The molecule has 1 aromatic rings. The molecule has 1 rings (SSSR count). The van der Waals surface area contributed by atoms with Crippen LogP contribution >= 0.6 is 0 Å². The largest absolute Gasteiger partial charge is 0.419 e. The fourth-order valence-corrected chi connectivity index (χ4v) is 0.931. The lowest BCUT2D eigenvalue weighted by Gasteiger charge is -2.08. The third-order valence-electron chi connectivity index (χ3n) is 1.48. The fraction of sp³-hybridized carbons (Fsp3) is 0.250. The summed E-state index contributed by atoms with van der Waals surface area (Å²) in [4.78, 5) is 0. The number of halogens is 5. The van der Waals surface area contributed by atoms with E-state index in [1.165, 1.54) is 6.92 Å². The second-order valence-corrected chi connectivity index (χ2v) is 2.61. The summed E-state index contributed by atoms with van der Waals surface area (Å²) < 4.78 is 61.1. The van der Waals surface area contributed by atoms with Gasteiger partial charge in [-0.15, -0.1) is 0 Å². The lowest BCUT2D eigenvalue weighted by molar-refractivity contribution is -0.140. The van der Waals surface area contributed by atoms with Gasteiger partial charge in [-0.05, 0) is 24.6 Å². The van der Waals surface area contributed by atoms with Crippen molar-refractivity contribution in [3.05, 3.63) is 34.9 Å². The number of rotatable bonds is 0. The van der Waals surface area contributed by atoms with Crippen molar-refractivity contribution >= 4 is 0 Å². The van der Waals surface area contributed by atoms with Crippen LogP contribution < -0.4 is 0 Å². The summed E-state index contributed by atoms with van der Waals surface area (Å²) in [5.74, 6) is -3.33. The third-order valence-corrected chi connectivity index (χ3v) is 1.48. The van der Waals surface area contributed by atoms with E-state index in [1.54, 1.807) is 0 Å². The van der Waals surface area contributed by atoms with Gasteiger partial charge in [0.1, 0.15) is 0 Å². The molecule has 0 aliphatic carbocycles. The van der Waals surface area contributed by atoms with Gasteiger partial charge in [-0.1, -0.05) is 0 Å². The minimum absolute atomic E-state index is 0.0335. The van der Waals surface area contributed by atoms with Crippen molar-refractivity contribution in [2.24, 2.45) is 0 Å². The van der Waals surface area contributed by atoms with E-state index >= 15 is 0 Å². The summed E-state index contributed by atoms with van der Waals surface area (Å²) in [6, 6.07) is 1.28. The zero-order chi connectivity index (χ0) is 10.2. The highest BCUT2D eigenvalue weighted by Crippen LogP contribution is 2.32. The van der Waals surface area contributed by atoms with Gasteiger partial charge in [0.05, 0.1) is 5.56 Å².